The van der Waals surface area contributed by atoms with Crippen LogP contribution in [0.25, 0.3) is 22.3 Å². The zero-order chi connectivity index (χ0) is 22.0. The molecule has 2 aromatic heterocycles. The molecule has 1 aliphatic rings. The quantitative estimate of drug-likeness (QED) is 0.614. The number of fused-ring (bicyclic) bond motifs is 1. The Bertz CT molecular complexity index is 1100. The van der Waals surface area contributed by atoms with Gasteiger partial charge in [-0.3, -0.25) is 4.79 Å². The number of hydrogen-bond acceptors (Lipinski definition) is 6. The zero-order valence-electron chi connectivity index (χ0n) is 17.7. The van der Waals surface area contributed by atoms with Crippen LogP contribution in [0.4, 0.5) is 5.82 Å². The fraction of sp³-hybridized carbons (Fsp3) is 0.364. The number of carbonyl (C=O) groups is 1. The van der Waals surface area contributed by atoms with E-state index in [1.807, 2.05) is 58.9 Å². The molecule has 8 nitrogen and oxygen atoms in total. The number of halogens is 1. The van der Waals surface area contributed by atoms with Gasteiger partial charge in [-0.05, 0) is 39.1 Å². The minimum Gasteiger partial charge on any atom is -0.383 e. The third-order valence-electron chi connectivity index (χ3n) is 5.49. The molecule has 9 heteroatoms. The topological polar surface area (TPSA) is 93.2 Å². The number of nitrogens with two attached hydrogens (primary N) is 1. The molecular weight excluding hydrogens is 414 g/mol. The molecule has 2 N–H and O–H groups in total. The van der Waals surface area contributed by atoms with E-state index in [4.69, 9.17) is 22.4 Å². The van der Waals surface area contributed by atoms with E-state index in [0.29, 0.717) is 29.6 Å². The van der Waals surface area contributed by atoms with Crippen molar-refractivity contribution in [1.29, 1.82) is 0 Å². The van der Waals surface area contributed by atoms with E-state index in [2.05, 4.69) is 9.97 Å². The molecule has 4 rings (SSSR count). The molecule has 3 heterocycles. The number of likely N-dealkylation sites (N-methyl/N-ethyl adjacent to an activating group) is 1. The van der Waals surface area contributed by atoms with Crippen LogP contribution in [0.5, 0.6) is 0 Å². The van der Waals surface area contributed by atoms with E-state index in [9.17, 15) is 4.79 Å². The summed E-state index contributed by atoms with van der Waals surface area (Å²) in [6.07, 6.45) is 6.63. The van der Waals surface area contributed by atoms with Crippen LogP contribution in [0.1, 0.15) is 18.9 Å². The van der Waals surface area contributed by atoms with Crippen molar-refractivity contribution in [1.82, 2.24) is 29.5 Å². The highest BCUT2D eigenvalue weighted by atomic mass is 35.5. The van der Waals surface area contributed by atoms with Gasteiger partial charge in [0.05, 0.1) is 11.4 Å². The van der Waals surface area contributed by atoms with Crippen molar-refractivity contribution < 1.29 is 4.79 Å². The van der Waals surface area contributed by atoms with E-state index < -0.39 is 0 Å². The predicted octanol–water partition coefficient (Wildman–Crippen LogP) is 3.01. The van der Waals surface area contributed by atoms with Crippen LogP contribution in [-0.2, 0) is 4.79 Å². The van der Waals surface area contributed by atoms with Gasteiger partial charge in [-0.15, -0.1) is 0 Å². The van der Waals surface area contributed by atoms with Crippen molar-refractivity contribution in [2.45, 2.75) is 18.9 Å². The first kappa shape index (κ1) is 21.3. The first-order valence-corrected chi connectivity index (χ1v) is 10.7. The van der Waals surface area contributed by atoms with E-state index in [-0.39, 0.29) is 11.9 Å². The molecule has 0 bridgehead atoms. The van der Waals surface area contributed by atoms with Gasteiger partial charge in [0.1, 0.15) is 17.8 Å². The van der Waals surface area contributed by atoms with Crippen LogP contribution < -0.4 is 5.73 Å². The van der Waals surface area contributed by atoms with Crippen molar-refractivity contribution >= 4 is 34.4 Å². The lowest BCUT2D eigenvalue weighted by Crippen LogP contribution is -2.38. The van der Waals surface area contributed by atoms with Crippen LogP contribution in [0, 0.1) is 0 Å². The largest absolute Gasteiger partial charge is 0.383 e. The average molecular weight is 440 g/mol. The van der Waals surface area contributed by atoms with Gasteiger partial charge in [0.2, 0.25) is 5.91 Å². The van der Waals surface area contributed by atoms with Gasteiger partial charge >= 0.3 is 0 Å². The number of rotatable bonds is 5. The molecule has 0 spiro atoms. The molecule has 3 aromatic rings. The Morgan fingerprint density at radius 3 is 2.61 bits per heavy atom. The highest BCUT2D eigenvalue weighted by Crippen LogP contribution is 2.34. The Labute approximate surface area is 186 Å². The second-order valence-corrected chi connectivity index (χ2v) is 8.42. The number of likely N-dealkylation sites (tertiary alicyclic amines) is 1. The average Bonchev–Trinajstić information content (AvgIpc) is 3.15. The Morgan fingerprint density at radius 2 is 1.94 bits per heavy atom. The molecule has 1 amide bonds. The van der Waals surface area contributed by atoms with Crippen molar-refractivity contribution in [3.8, 4) is 11.3 Å². The number of hydrogen-bond donors (Lipinski definition) is 1. The lowest BCUT2D eigenvalue weighted by molar-refractivity contribution is -0.127. The molecule has 1 saturated heterocycles. The molecule has 0 atom stereocenters. The fourth-order valence-electron chi connectivity index (χ4n) is 3.86. The molecule has 0 unspecified atom stereocenters. The Kier molecular flexibility index (Phi) is 6.20. The van der Waals surface area contributed by atoms with Crippen LogP contribution in [-0.4, -0.2) is 69.2 Å². The van der Waals surface area contributed by atoms with Crippen LogP contribution in [0.15, 0.2) is 42.7 Å². The highest BCUT2D eigenvalue weighted by Gasteiger charge is 2.27. The number of amides is 1. The van der Waals surface area contributed by atoms with Gasteiger partial charge in [-0.25, -0.2) is 14.6 Å². The molecule has 1 fully saturated rings. The summed E-state index contributed by atoms with van der Waals surface area (Å²) >= 11 is 6.05. The maximum Gasteiger partial charge on any atom is 0.246 e. The molecular formula is C22H26ClN7O. The summed E-state index contributed by atoms with van der Waals surface area (Å²) in [7, 11) is 3.95. The SMILES string of the molecule is CN(C)CC=CC(=O)N1CCC(n2nc(-c3ccc(Cl)cc3)c3c(N)ncnc32)CC1. The summed E-state index contributed by atoms with van der Waals surface area (Å²) in [4.78, 5) is 25.0. The monoisotopic (exact) mass is 439 g/mol. The molecule has 162 valence electrons. The number of nitrogen functional groups attached to an aromatic ring is 1. The first-order valence-electron chi connectivity index (χ1n) is 10.3. The van der Waals surface area contributed by atoms with Crippen LogP contribution >= 0.6 is 11.6 Å². The van der Waals surface area contributed by atoms with Crippen molar-refractivity contribution in [2.75, 3.05) is 39.5 Å². The zero-order valence-corrected chi connectivity index (χ0v) is 18.5. The molecule has 31 heavy (non-hydrogen) atoms. The second kappa shape index (κ2) is 9.03. The maximum atomic E-state index is 12.4. The number of benzene rings is 1. The van der Waals surface area contributed by atoms with E-state index >= 15 is 0 Å². The van der Waals surface area contributed by atoms with Crippen molar-refractivity contribution in [2.24, 2.45) is 0 Å². The maximum absolute atomic E-state index is 12.4. The van der Waals surface area contributed by atoms with Crippen molar-refractivity contribution in [3.63, 3.8) is 0 Å². The Balaban J connectivity index is 1.57. The van der Waals surface area contributed by atoms with Crippen LogP contribution in [0.3, 0.4) is 0 Å². The summed E-state index contributed by atoms with van der Waals surface area (Å²) in [6.45, 7) is 2.10. The second-order valence-electron chi connectivity index (χ2n) is 7.98. The Hall–Kier alpha value is -2.97. The minimum atomic E-state index is 0.0547. The summed E-state index contributed by atoms with van der Waals surface area (Å²) in [5, 5.41) is 6.29. The summed E-state index contributed by atoms with van der Waals surface area (Å²) in [6, 6.07) is 7.63. The van der Waals surface area contributed by atoms with E-state index in [0.717, 1.165) is 36.0 Å². The molecule has 0 aliphatic carbocycles. The van der Waals surface area contributed by atoms with Gasteiger partial charge in [0.25, 0.3) is 0 Å². The molecule has 0 radical (unpaired) electrons. The summed E-state index contributed by atoms with van der Waals surface area (Å²) < 4.78 is 1.95. The van der Waals surface area contributed by atoms with Gasteiger partial charge in [0, 0.05) is 36.3 Å². The van der Waals surface area contributed by atoms with Crippen LogP contribution in [0.2, 0.25) is 5.02 Å². The minimum absolute atomic E-state index is 0.0547. The molecule has 0 saturated carbocycles. The highest BCUT2D eigenvalue weighted by molar-refractivity contribution is 6.30. The Morgan fingerprint density at radius 1 is 1.23 bits per heavy atom. The summed E-state index contributed by atoms with van der Waals surface area (Å²) in [5.74, 6) is 0.457. The molecule has 1 aliphatic heterocycles. The summed E-state index contributed by atoms with van der Waals surface area (Å²) in [5.41, 5.74) is 8.57. The lowest BCUT2D eigenvalue weighted by Gasteiger charge is -2.31. The van der Waals surface area contributed by atoms with Gasteiger partial charge < -0.3 is 15.5 Å². The number of piperidine rings is 1. The van der Waals surface area contributed by atoms with Gasteiger partial charge in [-0.1, -0.05) is 29.8 Å². The van der Waals surface area contributed by atoms with E-state index in [1.165, 1.54) is 6.33 Å². The van der Waals surface area contributed by atoms with E-state index in [1.54, 1.807) is 6.08 Å². The standard InChI is InChI=1S/C22H26ClN7O/c1-28(2)11-3-4-18(31)29-12-9-17(10-13-29)30-22-19(21(24)25-14-26-22)20(27-30)15-5-7-16(23)8-6-15/h3-8,14,17H,9-13H2,1-2H3,(H2,24,25,26). The fourth-order valence-corrected chi connectivity index (χ4v) is 3.99. The lowest BCUT2D eigenvalue weighted by atomic mass is 10.1. The molecule has 1 aromatic carbocycles. The number of nitrogens with zero attached hydrogens (tertiary/aromatic N) is 6. The number of carbonyl (C=O) groups excluding carboxylic acids is 1. The third kappa shape index (κ3) is 4.55. The van der Waals surface area contributed by atoms with Crippen molar-refractivity contribution in [3.05, 3.63) is 47.8 Å². The van der Waals surface area contributed by atoms with Gasteiger partial charge in [0.15, 0.2) is 5.65 Å². The smallest absolute Gasteiger partial charge is 0.246 e. The van der Waals surface area contributed by atoms with Gasteiger partial charge in [-0.2, -0.15) is 5.10 Å². The number of aromatic nitrogens is 4. The normalized spacial score (nSPS) is 15.4. The first-order chi connectivity index (χ1) is 14.9. The third-order valence-corrected chi connectivity index (χ3v) is 5.74. The number of anilines is 1. The predicted molar refractivity (Wildman–Crippen MR) is 123 cm³/mol.